The lowest BCUT2D eigenvalue weighted by Crippen LogP contribution is -2.50. The number of halogens is 1. The van der Waals surface area contributed by atoms with Crippen LogP contribution in [0.1, 0.15) is 21.6 Å². The van der Waals surface area contributed by atoms with Gasteiger partial charge in [-0.05, 0) is 18.2 Å². The molecule has 160 valence electrons. The molecule has 3 heterocycles. The van der Waals surface area contributed by atoms with Crippen molar-refractivity contribution in [2.24, 2.45) is 0 Å². The molecule has 31 heavy (non-hydrogen) atoms. The second-order valence-corrected chi connectivity index (χ2v) is 7.38. The highest BCUT2D eigenvalue weighted by atomic mass is 19.1. The van der Waals surface area contributed by atoms with Gasteiger partial charge in [0.05, 0.1) is 12.2 Å². The van der Waals surface area contributed by atoms with E-state index in [-0.39, 0.29) is 17.7 Å². The Morgan fingerprint density at radius 1 is 1.00 bits per heavy atom. The molecule has 0 saturated carbocycles. The third-order valence-electron chi connectivity index (χ3n) is 5.35. The van der Waals surface area contributed by atoms with Crippen molar-refractivity contribution in [1.29, 1.82) is 0 Å². The van der Waals surface area contributed by atoms with Crippen LogP contribution in [0.15, 0.2) is 64.4 Å². The normalized spacial score (nSPS) is 14.5. The van der Waals surface area contributed by atoms with Crippen LogP contribution in [0, 0.1) is 5.82 Å². The summed E-state index contributed by atoms with van der Waals surface area (Å²) in [6, 6.07) is 11.7. The van der Waals surface area contributed by atoms with Crippen LogP contribution in [0.5, 0.6) is 0 Å². The number of carbonyl (C=O) groups excluding carboxylic acids is 1. The van der Waals surface area contributed by atoms with Gasteiger partial charge >= 0.3 is 5.69 Å². The fraction of sp³-hybridized carbons (Fsp3) is 0.273. The summed E-state index contributed by atoms with van der Waals surface area (Å²) < 4.78 is 14.8. The third-order valence-corrected chi connectivity index (χ3v) is 5.35. The van der Waals surface area contributed by atoms with Crippen molar-refractivity contribution in [3.63, 3.8) is 0 Å². The van der Waals surface area contributed by atoms with Crippen molar-refractivity contribution in [1.82, 2.24) is 24.3 Å². The van der Waals surface area contributed by atoms with E-state index in [1.165, 1.54) is 18.2 Å². The lowest BCUT2D eigenvalue weighted by molar-refractivity contribution is 0.0624. The van der Waals surface area contributed by atoms with Crippen LogP contribution in [0.2, 0.25) is 0 Å². The number of pyridine rings is 1. The number of amides is 1. The summed E-state index contributed by atoms with van der Waals surface area (Å²) >= 11 is 0. The lowest BCUT2D eigenvalue weighted by Gasteiger charge is -2.34. The molecule has 1 fully saturated rings. The van der Waals surface area contributed by atoms with Gasteiger partial charge in [-0.1, -0.05) is 24.3 Å². The van der Waals surface area contributed by atoms with Crippen LogP contribution >= 0.6 is 0 Å². The highest BCUT2D eigenvalue weighted by molar-refractivity contribution is 5.93. The van der Waals surface area contributed by atoms with Gasteiger partial charge in [0.15, 0.2) is 0 Å². The predicted octanol–water partition coefficient (Wildman–Crippen LogP) is 1.08. The van der Waals surface area contributed by atoms with E-state index >= 15 is 0 Å². The number of nitrogens with zero attached hydrogens (tertiary/aromatic N) is 4. The van der Waals surface area contributed by atoms with Crippen LogP contribution in [-0.4, -0.2) is 56.4 Å². The van der Waals surface area contributed by atoms with E-state index in [1.54, 1.807) is 17.2 Å². The van der Waals surface area contributed by atoms with E-state index in [4.69, 9.17) is 0 Å². The third kappa shape index (κ3) is 4.61. The van der Waals surface area contributed by atoms with Gasteiger partial charge in [0.1, 0.15) is 11.4 Å². The fourth-order valence-electron chi connectivity index (χ4n) is 3.61. The Morgan fingerprint density at radius 2 is 1.74 bits per heavy atom. The minimum atomic E-state index is -0.729. The van der Waals surface area contributed by atoms with E-state index in [0.717, 1.165) is 16.5 Å². The Kier molecular flexibility index (Phi) is 6.03. The smallest absolute Gasteiger partial charge is 0.328 e. The van der Waals surface area contributed by atoms with Crippen LogP contribution in [0.25, 0.3) is 0 Å². The first-order valence-electron chi connectivity index (χ1n) is 10.0. The molecule has 9 heteroatoms. The average Bonchev–Trinajstić information content (AvgIpc) is 2.79. The van der Waals surface area contributed by atoms with Crippen molar-refractivity contribution < 1.29 is 9.18 Å². The SMILES string of the molecule is O=C(c1c[nH]c(=O)n(Cc2ccccc2F)c1=O)N1CCN(Cc2ccccn2)CC1. The summed E-state index contributed by atoms with van der Waals surface area (Å²) in [6.45, 7) is 2.65. The highest BCUT2D eigenvalue weighted by Gasteiger charge is 2.25. The van der Waals surface area contributed by atoms with Crippen molar-refractivity contribution in [2.75, 3.05) is 26.2 Å². The van der Waals surface area contributed by atoms with Crippen molar-refractivity contribution in [3.05, 3.63) is 98.3 Å². The maximum Gasteiger partial charge on any atom is 0.328 e. The Morgan fingerprint density at radius 3 is 2.45 bits per heavy atom. The molecule has 2 aromatic heterocycles. The first-order chi connectivity index (χ1) is 15.0. The second-order valence-electron chi connectivity index (χ2n) is 7.38. The van der Waals surface area contributed by atoms with Crippen molar-refractivity contribution in [2.45, 2.75) is 13.1 Å². The first-order valence-corrected chi connectivity index (χ1v) is 10.0. The summed E-state index contributed by atoms with van der Waals surface area (Å²) in [6.07, 6.45) is 2.89. The summed E-state index contributed by atoms with van der Waals surface area (Å²) in [4.78, 5) is 48.5. The Bertz CT molecular complexity index is 1180. The Hall–Kier alpha value is -3.59. The molecule has 1 amide bonds. The van der Waals surface area contributed by atoms with Gasteiger partial charge in [-0.2, -0.15) is 0 Å². The number of rotatable bonds is 5. The molecule has 4 rings (SSSR count). The largest absolute Gasteiger partial charge is 0.336 e. The fourth-order valence-corrected chi connectivity index (χ4v) is 3.61. The maximum atomic E-state index is 14.0. The molecule has 0 aliphatic carbocycles. The van der Waals surface area contributed by atoms with Gasteiger partial charge in [0, 0.05) is 50.7 Å². The quantitative estimate of drug-likeness (QED) is 0.663. The molecule has 0 radical (unpaired) electrons. The molecule has 0 spiro atoms. The van der Waals surface area contributed by atoms with E-state index < -0.39 is 23.0 Å². The predicted molar refractivity (Wildman–Crippen MR) is 112 cm³/mol. The van der Waals surface area contributed by atoms with Crippen LogP contribution < -0.4 is 11.2 Å². The van der Waals surface area contributed by atoms with E-state index in [1.807, 2.05) is 18.2 Å². The van der Waals surface area contributed by atoms with Gasteiger partial charge in [0.25, 0.3) is 11.5 Å². The molecule has 3 aromatic rings. The monoisotopic (exact) mass is 423 g/mol. The minimum Gasteiger partial charge on any atom is -0.336 e. The zero-order valence-corrected chi connectivity index (χ0v) is 16.8. The van der Waals surface area contributed by atoms with Gasteiger partial charge in [-0.25, -0.2) is 9.18 Å². The molecular formula is C22H22FN5O3. The molecule has 1 aromatic carbocycles. The molecule has 1 aliphatic rings. The summed E-state index contributed by atoms with van der Waals surface area (Å²) in [5.41, 5.74) is -0.395. The second kappa shape index (κ2) is 9.05. The topological polar surface area (TPSA) is 91.3 Å². The van der Waals surface area contributed by atoms with Gasteiger partial charge < -0.3 is 9.88 Å². The highest BCUT2D eigenvalue weighted by Crippen LogP contribution is 2.10. The molecule has 0 atom stereocenters. The molecule has 1 N–H and O–H groups in total. The molecular weight excluding hydrogens is 401 g/mol. The Balaban J connectivity index is 1.47. The van der Waals surface area contributed by atoms with Gasteiger partial charge in [0.2, 0.25) is 0 Å². The standard InChI is InChI=1S/C22H22FN5O3/c23-19-7-2-1-5-16(19)14-28-21(30)18(13-25-22(28)31)20(29)27-11-9-26(10-12-27)15-17-6-3-4-8-24-17/h1-8,13H,9-12,14-15H2,(H,25,31). The van der Waals surface area contributed by atoms with E-state index in [9.17, 15) is 18.8 Å². The lowest BCUT2D eigenvalue weighted by atomic mass is 10.2. The molecule has 0 bridgehead atoms. The van der Waals surface area contributed by atoms with E-state index in [2.05, 4.69) is 14.9 Å². The summed E-state index contributed by atoms with van der Waals surface area (Å²) in [5.74, 6) is -0.962. The number of H-pyrrole nitrogens is 1. The number of piperazine rings is 1. The van der Waals surface area contributed by atoms with Gasteiger partial charge in [-0.3, -0.25) is 24.0 Å². The minimum absolute atomic E-state index is 0.130. The molecule has 1 saturated heterocycles. The number of hydrogen-bond donors (Lipinski definition) is 1. The maximum absolute atomic E-state index is 14.0. The summed E-state index contributed by atoms with van der Waals surface area (Å²) in [7, 11) is 0. The average molecular weight is 423 g/mol. The zero-order chi connectivity index (χ0) is 21.8. The zero-order valence-electron chi connectivity index (χ0n) is 16.8. The van der Waals surface area contributed by atoms with Crippen molar-refractivity contribution in [3.8, 4) is 0 Å². The number of carbonyl (C=O) groups is 1. The number of nitrogens with one attached hydrogen (secondary N) is 1. The number of hydrogen-bond acceptors (Lipinski definition) is 5. The summed E-state index contributed by atoms with van der Waals surface area (Å²) in [5, 5.41) is 0. The molecule has 1 aliphatic heterocycles. The molecule has 8 nitrogen and oxygen atoms in total. The first kappa shape index (κ1) is 20.7. The van der Waals surface area contributed by atoms with E-state index in [0.29, 0.717) is 32.7 Å². The van der Waals surface area contributed by atoms with Crippen LogP contribution in [0.3, 0.4) is 0 Å². The van der Waals surface area contributed by atoms with Crippen LogP contribution in [0.4, 0.5) is 4.39 Å². The van der Waals surface area contributed by atoms with Crippen LogP contribution in [-0.2, 0) is 13.1 Å². The van der Waals surface area contributed by atoms with Crippen molar-refractivity contribution >= 4 is 5.91 Å². The molecule has 0 unspecified atom stereocenters. The van der Waals surface area contributed by atoms with Gasteiger partial charge in [-0.15, -0.1) is 0 Å². The Labute approximate surface area is 177 Å². The number of aromatic amines is 1. The number of benzene rings is 1. The number of aromatic nitrogens is 3.